The summed E-state index contributed by atoms with van der Waals surface area (Å²) in [7, 11) is -2.44. The highest BCUT2D eigenvalue weighted by atomic mass is 35.5. The SMILES string of the molecule is COc1ccc(Cl)cc1S(=O)(=O)N1CCC[C@H](c2nnc(-c3ccccc3F)o2)C1. The molecule has 1 aliphatic heterocycles. The minimum atomic E-state index is -3.85. The van der Waals surface area contributed by atoms with E-state index in [2.05, 4.69) is 10.2 Å². The summed E-state index contributed by atoms with van der Waals surface area (Å²) in [5.41, 5.74) is 0.209. The molecule has 0 saturated carbocycles. The van der Waals surface area contributed by atoms with Crippen molar-refractivity contribution in [1.82, 2.24) is 14.5 Å². The summed E-state index contributed by atoms with van der Waals surface area (Å²) < 4.78 is 52.7. The van der Waals surface area contributed by atoms with Crippen molar-refractivity contribution in [3.63, 3.8) is 0 Å². The third-order valence-corrected chi connectivity index (χ3v) is 7.14. The van der Waals surface area contributed by atoms with Gasteiger partial charge in [0.1, 0.15) is 16.5 Å². The van der Waals surface area contributed by atoms with Crippen molar-refractivity contribution < 1.29 is 22.0 Å². The van der Waals surface area contributed by atoms with Crippen LogP contribution in [-0.2, 0) is 10.0 Å². The molecule has 0 aliphatic carbocycles. The standard InChI is InChI=1S/C20H19ClFN3O4S/c1-28-17-9-8-14(21)11-18(17)30(26,27)25-10-4-5-13(12-25)19-23-24-20(29-19)15-6-2-3-7-16(15)22/h2-3,6-9,11,13H,4-5,10,12H2,1H3/t13-/m0/s1. The number of piperidine rings is 1. The van der Waals surface area contributed by atoms with Gasteiger partial charge in [0.05, 0.1) is 18.6 Å². The van der Waals surface area contributed by atoms with E-state index in [0.29, 0.717) is 24.4 Å². The number of halogens is 2. The number of sulfonamides is 1. The molecule has 1 aliphatic rings. The molecule has 1 atom stereocenters. The highest BCUT2D eigenvalue weighted by Gasteiger charge is 2.35. The zero-order chi connectivity index (χ0) is 21.3. The maximum atomic E-state index is 14.0. The first kappa shape index (κ1) is 20.8. The summed E-state index contributed by atoms with van der Waals surface area (Å²) in [5, 5.41) is 8.29. The van der Waals surface area contributed by atoms with Crippen LogP contribution >= 0.6 is 11.6 Å². The fourth-order valence-electron chi connectivity index (χ4n) is 3.50. The van der Waals surface area contributed by atoms with Crippen LogP contribution in [0.2, 0.25) is 5.02 Å². The first-order valence-electron chi connectivity index (χ1n) is 9.32. The van der Waals surface area contributed by atoms with Crippen molar-refractivity contribution in [2.75, 3.05) is 20.2 Å². The Balaban J connectivity index is 1.60. The van der Waals surface area contributed by atoms with E-state index in [9.17, 15) is 12.8 Å². The lowest BCUT2D eigenvalue weighted by Gasteiger charge is -2.30. The van der Waals surface area contributed by atoms with Gasteiger partial charge in [-0.05, 0) is 43.2 Å². The molecule has 0 N–H and O–H groups in total. The van der Waals surface area contributed by atoms with Gasteiger partial charge in [-0.2, -0.15) is 4.31 Å². The topological polar surface area (TPSA) is 85.5 Å². The van der Waals surface area contributed by atoms with Crippen LogP contribution in [0.5, 0.6) is 5.75 Å². The second-order valence-electron chi connectivity index (χ2n) is 6.92. The third-order valence-electron chi connectivity index (χ3n) is 5.02. The minimum absolute atomic E-state index is 0.00993. The molecule has 158 valence electrons. The van der Waals surface area contributed by atoms with Gasteiger partial charge in [0.2, 0.25) is 15.9 Å². The molecule has 0 bridgehead atoms. The highest BCUT2D eigenvalue weighted by molar-refractivity contribution is 7.89. The second kappa shape index (κ2) is 8.33. The minimum Gasteiger partial charge on any atom is -0.495 e. The normalized spacial score (nSPS) is 17.8. The van der Waals surface area contributed by atoms with Crippen molar-refractivity contribution in [2.24, 2.45) is 0 Å². The summed E-state index contributed by atoms with van der Waals surface area (Å²) in [4.78, 5) is 0.00993. The van der Waals surface area contributed by atoms with Crippen molar-refractivity contribution in [1.29, 1.82) is 0 Å². The Kier molecular flexibility index (Phi) is 5.77. The number of hydrogen-bond donors (Lipinski definition) is 0. The van der Waals surface area contributed by atoms with Gasteiger partial charge in [-0.25, -0.2) is 12.8 Å². The molecule has 0 amide bonds. The lowest BCUT2D eigenvalue weighted by atomic mass is 10.00. The van der Waals surface area contributed by atoms with Gasteiger partial charge >= 0.3 is 0 Å². The van der Waals surface area contributed by atoms with Gasteiger partial charge in [0.15, 0.2) is 0 Å². The lowest BCUT2D eigenvalue weighted by Crippen LogP contribution is -2.39. The van der Waals surface area contributed by atoms with E-state index in [-0.39, 0.29) is 40.5 Å². The molecule has 1 fully saturated rings. The molecule has 0 spiro atoms. The van der Waals surface area contributed by atoms with Crippen LogP contribution in [-0.4, -0.2) is 43.1 Å². The Hall–Kier alpha value is -2.49. The van der Waals surface area contributed by atoms with Gasteiger partial charge in [0.25, 0.3) is 5.89 Å². The molecule has 2 heterocycles. The molecule has 1 aromatic heterocycles. The van der Waals surface area contributed by atoms with Gasteiger partial charge in [-0.1, -0.05) is 23.7 Å². The third kappa shape index (κ3) is 3.92. The Morgan fingerprint density at radius 2 is 2.03 bits per heavy atom. The largest absolute Gasteiger partial charge is 0.495 e. The van der Waals surface area contributed by atoms with Gasteiger partial charge in [0, 0.05) is 18.1 Å². The van der Waals surface area contributed by atoms with Crippen molar-refractivity contribution in [2.45, 2.75) is 23.7 Å². The molecule has 7 nitrogen and oxygen atoms in total. The van der Waals surface area contributed by atoms with Crippen LogP contribution in [0.4, 0.5) is 4.39 Å². The van der Waals surface area contributed by atoms with Gasteiger partial charge < -0.3 is 9.15 Å². The van der Waals surface area contributed by atoms with Gasteiger partial charge in [-0.3, -0.25) is 0 Å². The fraction of sp³-hybridized carbons (Fsp3) is 0.300. The Bertz CT molecular complexity index is 1170. The van der Waals surface area contributed by atoms with Crippen LogP contribution in [0.3, 0.4) is 0 Å². The maximum Gasteiger partial charge on any atom is 0.250 e. The summed E-state index contributed by atoms with van der Waals surface area (Å²) >= 11 is 6.01. The van der Waals surface area contributed by atoms with E-state index in [1.165, 1.54) is 29.6 Å². The smallest absolute Gasteiger partial charge is 0.250 e. The predicted molar refractivity (Wildman–Crippen MR) is 108 cm³/mol. The molecule has 0 radical (unpaired) electrons. The number of hydrogen-bond acceptors (Lipinski definition) is 6. The van der Waals surface area contributed by atoms with Crippen molar-refractivity contribution in [3.8, 4) is 17.2 Å². The number of rotatable bonds is 5. The molecule has 1 saturated heterocycles. The number of methoxy groups -OCH3 is 1. The molecule has 4 rings (SSSR count). The summed E-state index contributed by atoms with van der Waals surface area (Å²) in [6.07, 6.45) is 1.29. The number of benzene rings is 2. The van der Waals surface area contributed by atoms with Crippen molar-refractivity contribution >= 4 is 21.6 Å². The average Bonchev–Trinajstić information content (AvgIpc) is 3.24. The van der Waals surface area contributed by atoms with Crippen LogP contribution in [0.15, 0.2) is 51.8 Å². The van der Waals surface area contributed by atoms with Gasteiger partial charge in [-0.15, -0.1) is 10.2 Å². The lowest BCUT2D eigenvalue weighted by molar-refractivity contribution is 0.285. The van der Waals surface area contributed by atoms with E-state index in [4.69, 9.17) is 20.8 Å². The first-order chi connectivity index (χ1) is 14.4. The van der Waals surface area contributed by atoms with E-state index in [0.717, 1.165) is 0 Å². The van der Waals surface area contributed by atoms with E-state index < -0.39 is 15.8 Å². The van der Waals surface area contributed by atoms with Crippen LogP contribution in [0, 0.1) is 5.82 Å². The molecule has 30 heavy (non-hydrogen) atoms. The second-order valence-corrected chi connectivity index (χ2v) is 9.27. The zero-order valence-corrected chi connectivity index (χ0v) is 17.7. The van der Waals surface area contributed by atoms with Crippen LogP contribution in [0.1, 0.15) is 24.7 Å². The molecule has 0 unspecified atom stereocenters. The maximum absolute atomic E-state index is 14.0. The summed E-state index contributed by atoms with van der Waals surface area (Å²) in [6, 6.07) is 10.6. The number of ether oxygens (including phenoxy) is 1. The molecular weight excluding hydrogens is 433 g/mol. The first-order valence-corrected chi connectivity index (χ1v) is 11.1. The quantitative estimate of drug-likeness (QED) is 0.580. The Labute approximate surface area is 178 Å². The Morgan fingerprint density at radius 3 is 2.80 bits per heavy atom. The monoisotopic (exact) mass is 451 g/mol. The summed E-state index contributed by atoms with van der Waals surface area (Å²) in [5.74, 6) is -0.188. The highest BCUT2D eigenvalue weighted by Crippen LogP contribution is 2.35. The molecular formula is C20H19ClFN3O4S. The van der Waals surface area contributed by atoms with E-state index in [1.807, 2.05) is 0 Å². The average molecular weight is 452 g/mol. The number of aromatic nitrogens is 2. The molecule has 2 aromatic carbocycles. The van der Waals surface area contributed by atoms with E-state index in [1.54, 1.807) is 24.3 Å². The summed E-state index contributed by atoms with van der Waals surface area (Å²) in [6.45, 7) is 0.514. The molecule has 10 heteroatoms. The zero-order valence-electron chi connectivity index (χ0n) is 16.1. The van der Waals surface area contributed by atoms with E-state index >= 15 is 0 Å². The number of nitrogens with zero attached hydrogens (tertiary/aromatic N) is 3. The van der Waals surface area contributed by atoms with Crippen LogP contribution < -0.4 is 4.74 Å². The molecule has 3 aromatic rings. The van der Waals surface area contributed by atoms with Crippen molar-refractivity contribution in [3.05, 3.63) is 59.2 Å². The van der Waals surface area contributed by atoms with Crippen LogP contribution in [0.25, 0.3) is 11.5 Å². The Morgan fingerprint density at radius 1 is 1.23 bits per heavy atom. The predicted octanol–water partition coefficient (Wildman–Crippen LogP) is 4.11. The fourth-order valence-corrected chi connectivity index (χ4v) is 5.44.